The minimum atomic E-state index is -0.0362. The molecule has 4 nitrogen and oxygen atoms in total. The molecule has 5 heteroatoms. The van der Waals surface area contributed by atoms with Crippen molar-refractivity contribution in [1.29, 1.82) is 0 Å². The van der Waals surface area contributed by atoms with Gasteiger partial charge < -0.3 is 4.90 Å². The fraction of sp³-hybridized carbons (Fsp3) is 0.667. The molecule has 2 rings (SSSR count). The highest BCUT2D eigenvalue weighted by Gasteiger charge is 2.28. The van der Waals surface area contributed by atoms with Gasteiger partial charge in [-0.2, -0.15) is 5.10 Å². The lowest BCUT2D eigenvalue weighted by Gasteiger charge is -2.32. The van der Waals surface area contributed by atoms with Crippen LogP contribution < -0.4 is 0 Å². The summed E-state index contributed by atoms with van der Waals surface area (Å²) in [6, 6.07) is 0.287. The first kappa shape index (κ1) is 12.4. The molecule has 0 spiro atoms. The maximum Gasteiger partial charge on any atom is 0.276 e. The molecule has 2 heterocycles. The van der Waals surface area contributed by atoms with E-state index in [2.05, 4.69) is 12.0 Å². The average Bonchev–Trinajstić information content (AvgIpc) is 2.57. The SMILES string of the molecule is Cc1c(Cl)c(C(=O)N2CCCC[C@@H]2C)nn1C. The normalized spacial score (nSPS) is 20.7. The zero-order chi connectivity index (χ0) is 12.6. The maximum atomic E-state index is 12.4. The first-order valence-electron chi connectivity index (χ1n) is 6.02. The van der Waals surface area contributed by atoms with Crippen molar-refractivity contribution in [3.05, 3.63) is 16.4 Å². The number of likely N-dealkylation sites (tertiary alicyclic amines) is 1. The second kappa shape index (κ2) is 4.69. The third kappa shape index (κ3) is 2.18. The number of hydrogen-bond acceptors (Lipinski definition) is 2. The van der Waals surface area contributed by atoms with Crippen LogP contribution in [0.2, 0.25) is 5.02 Å². The molecule has 1 aliphatic rings. The molecule has 1 aromatic rings. The fourth-order valence-corrected chi connectivity index (χ4v) is 2.50. The van der Waals surface area contributed by atoms with Crippen molar-refractivity contribution < 1.29 is 4.79 Å². The molecular formula is C12H18ClN3O. The molecule has 17 heavy (non-hydrogen) atoms. The summed E-state index contributed by atoms with van der Waals surface area (Å²) in [4.78, 5) is 14.2. The number of aryl methyl sites for hydroxylation is 1. The van der Waals surface area contributed by atoms with E-state index in [0.29, 0.717) is 10.7 Å². The highest BCUT2D eigenvalue weighted by atomic mass is 35.5. The lowest BCUT2D eigenvalue weighted by Crippen LogP contribution is -2.42. The van der Waals surface area contributed by atoms with Crippen LogP contribution in [-0.2, 0) is 7.05 Å². The van der Waals surface area contributed by atoms with E-state index in [1.165, 1.54) is 6.42 Å². The Balaban J connectivity index is 2.27. The highest BCUT2D eigenvalue weighted by molar-refractivity contribution is 6.34. The first-order valence-corrected chi connectivity index (χ1v) is 6.40. The summed E-state index contributed by atoms with van der Waals surface area (Å²) in [7, 11) is 1.80. The van der Waals surface area contributed by atoms with E-state index in [1.54, 1.807) is 11.7 Å². The highest BCUT2D eigenvalue weighted by Crippen LogP contribution is 2.24. The third-order valence-electron chi connectivity index (χ3n) is 3.53. The number of rotatable bonds is 1. The number of amides is 1. The van der Waals surface area contributed by atoms with Gasteiger partial charge in [0.05, 0.1) is 10.7 Å². The van der Waals surface area contributed by atoms with Gasteiger partial charge in [-0.1, -0.05) is 11.6 Å². The van der Waals surface area contributed by atoms with Crippen molar-refractivity contribution in [1.82, 2.24) is 14.7 Å². The van der Waals surface area contributed by atoms with Gasteiger partial charge in [0.15, 0.2) is 5.69 Å². The molecule has 0 aromatic carbocycles. The topological polar surface area (TPSA) is 38.1 Å². The summed E-state index contributed by atoms with van der Waals surface area (Å²) >= 11 is 6.15. The van der Waals surface area contributed by atoms with Crippen LogP contribution in [0, 0.1) is 6.92 Å². The van der Waals surface area contributed by atoms with Crippen molar-refractivity contribution in [3.63, 3.8) is 0 Å². The van der Waals surface area contributed by atoms with E-state index < -0.39 is 0 Å². The van der Waals surface area contributed by atoms with Crippen LogP contribution in [0.1, 0.15) is 42.4 Å². The molecule has 0 N–H and O–H groups in total. The van der Waals surface area contributed by atoms with Crippen molar-refractivity contribution >= 4 is 17.5 Å². The summed E-state index contributed by atoms with van der Waals surface area (Å²) < 4.78 is 1.66. The number of nitrogens with zero attached hydrogens (tertiary/aromatic N) is 3. The van der Waals surface area contributed by atoms with Gasteiger partial charge in [0.2, 0.25) is 0 Å². The van der Waals surface area contributed by atoms with Crippen LogP contribution in [0.25, 0.3) is 0 Å². The zero-order valence-electron chi connectivity index (χ0n) is 10.5. The van der Waals surface area contributed by atoms with E-state index in [4.69, 9.17) is 11.6 Å². The molecule has 1 aliphatic heterocycles. The number of carbonyl (C=O) groups is 1. The van der Waals surface area contributed by atoms with Crippen LogP contribution in [-0.4, -0.2) is 33.2 Å². The molecule has 1 saturated heterocycles. The van der Waals surface area contributed by atoms with Gasteiger partial charge in [-0.05, 0) is 33.1 Å². The monoisotopic (exact) mass is 255 g/mol. The minimum absolute atomic E-state index is 0.0362. The third-order valence-corrected chi connectivity index (χ3v) is 3.98. The number of piperidine rings is 1. The maximum absolute atomic E-state index is 12.4. The van der Waals surface area contributed by atoms with Gasteiger partial charge in [-0.25, -0.2) is 0 Å². The van der Waals surface area contributed by atoms with Gasteiger partial charge >= 0.3 is 0 Å². The Morgan fingerprint density at radius 3 is 2.71 bits per heavy atom. The molecule has 0 aliphatic carbocycles. The number of hydrogen-bond donors (Lipinski definition) is 0. The predicted molar refractivity (Wildman–Crippen MR) is 67.3 cm³/mol. The Kier molecular flexibility index (Phi) is 3.43. The van der Waals surface area contributed by atoms with Crippen molar-refractivity contribution in [2.24, 2.45) is 7.05 Å². The van der Waals surface area contributed by atoms with Gasteiger partial charge in [-0.15, -0.1) is 0 Å². The summed E-state index contributed by atoms with van der Waals surface area (Å²) in [6.07, 6.45) is 3.33. The smallest absolute Gasteiger partial charge is 0.276 e. The lowest BCUT2D eigenvalue weighted by molar-refractivity contribution is 0.0629. The summed E-state index contributed by atoms with van der Waals surface area (Å²) in [6.45, 7) is 4.76. The number of aromatic nitrogens is 2. The first-order chi connectivity index (χ1) is 8.02. The number of halogens is 1. The van der Waals surface area contributed by atoms with Crippen molar-refractivity contribution in [3.8, 4) is 0 Å². The average molecular weight is 256 g/mol. The minimum Gasteiger partial charge on any atom is -0.335 e. The standard InChI is InChI=1S/C12H18ClN3O/c1-8-6-4-5-7-16(8)12(17)11-10(13)9(2)15(3)14-11/h8H,4-7H2,1-3H3/t8-/m0/s1. The summed E-state index contributed by atoms with van der Waals surface area (Å²) in [5.41, 5.74) is 1.22. The van der Waals surface area contributed by atoms with Crippen molar-refractivity contribution in [2.75, 3.05) is 6.54 Å². The molecule has 1 atom stereocenters. The van der Waals surface area contributed by atoms with Crippen LogP contribution in [0.5, 0.6) is 0 Å². The van der Waals surface area contributed by atoms with Gasteiger partial charge in [-0.3, -0.25) is 9.48 Å². The quantitative estimate of drug-likeness (QED) is 0.773. The Hall–Kier alpha value is -1.03. The van der Waals surface area contributed by atoms with E-state index in [1.807, 2.05) is 11.8 Å². The molecule has 1 fully saturated rings. The van der Waals surface area contributed by atoms with E-state index in [0.717, 1.165) is 25.1 Å². The zero-order valence-corrected chi connectivity index (χ0v) is 11.3. The molecule has 0 saturated carbocycles. The van der Waals surface area contributed by atoms with Gasteiger partial charge in [0, 0.05) is 19.6 Å². The summed E-state index contributed by atoms with van der Waals surface area (Å²) in [5.74, 6) is -0.0362. The summed E-state index contributed by atoms with van der Waals surface area (Å²) in [5, 5.41) is 4.69. The number of carbonyl (C=O) groups excluding carboxylic acids is 1. The van der Waals surface area contributed by atoms with Crippen LogP contribution >= 0.6 is 11.6 Å². The molecular weight excluding hydrogens is 238 g/mol. The van der Waals surface area contributed by atoms with E-state index in [9.17, 15) is 4.79 Å². The van der Waals surface area contributed by atoms with E-state index >= 15 is 0 Å². The molecule has 94 valence electrons. The van der Waals surface area contributed by atoms with Crippen molar-refractivity contribution in [2.45, 2.75) is 39.2 Å². The largest absolute Gasteiger partial charge is 0.335 e. The lowest BCUT2D eigenvalue weighted by atomic mass is 10.0. The molecule has 1 aromatic heterocycles. The Morgan fingerprint density at radius 2 is 2.18 bits per heavy atom. The van der Waals surface area contributed by atoms with Gasteiger partial charge in [0.1, 0.15) is 0 Å². The predicted octanol–water partition coefficient (Wildman–Crippen LogP) is 2.40. The van der Waals surface area contributed by atoms with Crippen LogP contribution in [0.4, 0.5) is 0 Å². The van der Waals surface area contributed by atoms with E-state index in [-0.39, 0.29) is 11.9 Å². The second-order valence-corrected chi connectivity index (χ2v) is 5.09. The molecule has 0 bridgehead atoms. The Bertz CT molecular complexity index is 441. The fourth-order valence-electron chi connectivity index (χ4n) is 2.25. The Labute approximate surface area is 107 Å². The second-order valence-electron chi connectivity index (χ2n) is 4.71. The van der Waals surface area contributed by atoms with Crippen LogP contribution in [0.15, 0.2) is 0 Å². The van der Waals surface area contributed by atoms with Gasteiger partial charge in [0.25, 0.3) is 5.91 Å². The van der Waals surface area contributed by atoms with Crippen LogP contribution in [0.3, 0.4) is 0 Å². The molecule has 0 unspecified atom stereocenters. The molecule has 1 amide bonds. The Morgan fingerprint density at radius 1 is 1.47 bits per heavy atom. The molecule has 0 radical (unpaired) electrons.